The SMILES string of the molecule is CC(C)N(CCC#N)c1ccc(C(N)=O)cc1[N+](=O)[O-]. The summed E-state index contributed by atoms with van der Waals surface area (Å²) in [5.41, 5.74) is 5.41. The third-order valence-corrected chi connectivity index (χ3v) is 2.85. The molecule has 0 bridgehead atoms. The fraction of sp³-hybridized carbons (Fsp3) is 0.385. The van der Waals surface area contributed by atoms with Crippen LogP contribution in [0.4, 0.5) is 11.4 Å². The van der Waals surface area contributed by atoms with E-state index in [0.717, 1.165) is 0 Å². The molecule has 106 valence electrons. The highest BCUT2D eigenvalue weighted by atomic mass is 16.6. The summed E-state index contributed by atoms with van der Waals surface area (Å²) in [5.74, 6) is -0.715. The fourth-order valence-corrected chi connectivity index (χ4v) is 1.89. The van der Waals surface area contributed by atoms with Crippen LogP contribution < -0.4 is 10.6 Å². The van der Waals surface area contributed by atoms with Crippen molar-refractivity contribution in [2.45, 2.75) is 26.3 Å². The van der Waals surface area contributed by atoms with Gasteiger partial charge in [0.05, 0.1) is 17.4 Å². The fourth-order valence-electron chi connectivity index (χ4n) is 1.89. The van der Waals surface area contributed by atoms with Crippen LogP contribution in [0.3, 0.4) is 0 Å². The molecule has 0 saturated carbocycles. The number of nitrogens with two attached hydrogens (primary N) is 1. The van der Waals surface area contributed by atoms with Crippen LogP contribution >= 0.6 is 0 Å². The highest BCUT2D eigenvalue weighted by Crippen LogP contribution is 2.30. The van der Waals surface area contributed by atoms with Crippen molar-refractivity contribution in [1.29, 1.82) is 5.26 Å². The first kappa shape index (κ1) is 15.4. The van der Waals surface area contributed by atoms with E-state index < -0.39 is 10.8 Å². The number of carbonyl (C=O) groups excluding carboxylic acids is 1. The van der Waals surface area contributed by atoms with Crippen LogP contribution in [0.2, 0.25) is 0 Å². The lowest BCUT2D eigenvalue weighted by molar-refractivity contribution is -0.384. The number of nitriles is 1. The highest BCUT2D eigenvalue weighted by Gasteiger charge is 2.22. The summed E-state index contributed by atoms with van der Waals surface area (Å²) in [6.07, 6.45) is 0.257. The van der Waals surface area contributed by atoms with Gasteiger partial charge in [-0.2, -0.15) is 5.26 Å². The number of nitrogens with zero attached hydrogens (tertiary/aromatic N) is 3. The van der Waals surface area contributed by atoms with Gasteiger partial charge in [-0.15, -0.1) is 0 Å². The maximum absolute atomic E-state index is 11.2. The number of nitro benzene ring substituents is 1. The molecule has 0 radical (unpaired) electrons. The second-order valence-corrected chi connectivity index (χ2v) is 4.52. The first-order valence-corrected chi connectivity index (χ1v) is 6.10. The van der Waals surface area contributed by atoms with Gasteiger partial charge in [0, 0.05) is 24.2 Å². The molecule has 0 spiro atoms. The number of hydrogen-bond acceptors (Lipinski definition) is 5. The molecule has 0 atom stereocenters. The Morgan fingerprint density at radius 3 is 2.65 bits per heavy atom. The number of primary amides is 1. The number of rotatable bonds is 6. The Bertz CT molecular complexity index is 563. The van der Waals surface area contributed by atoms with Gasteiger partial charge in [-0.3, -0.25) is 14.9 Å². The largest absolute Gasteiger partial charge is 0.366 e. The molecule has 0 aliphatic rings. The summed E-state index contributed by atoms with van der Waals surface area (Å²) in [6, 6.07) is 6.12. The van der Waals surface area contributed by atoms with Crippen LogP contribution in [-0.4, -0.2) is 23.4 Å². The number of benzene rings is 1. The van der Waals surface area contributed by atoms with Gasteiger partial charge in [-0.1, -0.05) is 0 Å². The van der Waals surface area contributed by atoms with E-state index in [9.17, 15) is 14.9 Å². The molecule has 0 saturated heterocycles. The number of carbonyl (C=O) groups is 1. The molecule has 1 aromatic carbocycles. The topological polar surface area (TPSA) is 113 Å². The first-order valence-electron chi connectivity index (χ1n) is 6.10. The van der Waals surface area contributed by atoms with E-state index in [1.165, 1.54) is 18.2 Å². The molecule has 0 aliphatic heterocycles. The second-order valence-electron chi connectivity index (χ2n) is 4.52. The van der Waals surface area contributed by atoms with Crippen molar-refractivity contribution in [3.05, 3.63) is 33.9 Å². The number of hydrogen-bond donors (Lipinski definition) is 1. The lowest BCUT2D eigenvalue weighted by atomic mass is 10.1. The average Bonchev–Trinajstić information content (AvgIpc) is 2.38. The van der Waals surface area contributed by atoms with Gasteiger partial charge in [-0.05, 0) is 26.0 Å². The van der Waals surface area contributed by atoms with Crippen molar-refractivity contribution in [2.24, 2.45) is 5.73 Å². The van der Waals surface area contributed by atoms with Gasteiger partial charge in [0.2, 0.25) is 5.91 Å². The lowest BCUT2D eigenvalue weighted by Gasteiger charge is -2.27. The molecule has 1 aromatic rings. The Hall–Kier alpha value is -2.62. The zero-order chi connectivity index (χ0) is 15.3. The second kappa shape index (κ2) is 6.52. The molecule has 1 amide bonds. The maximum Gasteiger partial charge on any atom is 0.293 e. The van der Waals surface area contributed by atoms with Gasteiger partial charge in [0.1, 0.15) is 5.69 Å². The highest BCUT2D eigenvalue weighted by molar-refractivity contribution is 5.94. The van der Waals surface area contributed by atoms with Crippen LogP contribution in [-0.2, 0) is 0 Å². The van der Waals surface area contributed by atoms with Crippen molar-refractivity contribution in [2.75, 3.05) is 11.4 Å². The van der Waals surface area contributed by atoms with Gasteiger partial charge in [0.15, 0.2) is 0 Å². The third-order valence-electron chi connectivity index (χ3n) is 2.85. The van der Waals surface area contributed by atoms with Crippen molar-refractivity contribution in [3.8, 4) is 6.07 Å². The summed E-state index contributed by atoms with van der Waals surface area (Å²) in [7, 11) is 0. The summed E-state index contributed by atoms with van der Waals surface area (Å²) in [6.45, 7) is 4.14. The minimum absolute atomic E-state index is 0.0125. The lowest BCUT2D eigenvalue weighted by Crippen LogP contribution is -2.32. The molecule has 2 N–H and O–H groups in total. The summed E-state index contributed by atoms with van der Waals surface area (Å²) < 4.78 is 0. The van der Waals surface area contributed by atoms with Gasteiger partial charge >= 0.3 is 0 Å². The minimum atomic E-state index is -0.715. The van der Waals surface area contributed by atoms with Crippen LogP contribution in [0.1, 0.15) is 30.6 Å². The zero-order valence-corrected chi connectivity index (χ0v) is 11.4. The number of amides is 1. The van der Waals surface area contributed by atoms with Crippen molar-refractivity contribution in [3.63, 3.8) is 0 Å². The zero-order valence-electron chi connectivity index (χ0n) is 11.4. The standard InChI is InChI=1S/C13H16N4O3/c1-9(2)16(7-3-6-14)11-5-4-10(13(15)18)8-12(11)17(19)20/h4-5,8-9H,3,7H2,1-2H3,(H2,15,18). The predicted octanol–water partition coefficient (Wildman–Crippen LogP) is 1.82. The summed E-state index contributed by atoms with van der Waals surface area (Å²) >= 11 is 0. The maximum atomic E-state index is 11.2. The predicted molar refractivity (Wildman–Crippen MR) is 74.3 cm³/mol. The van der Waals surface area contributed by atoms with Crippen molar-refractivity contribution >= 4 is 17.3 Å². The Kier molecular flexibility index (Phi) is 5.03. The van der Waals surface area contributed by atoms with Crippen LogP contribution in [0, 0.1) is 21.4 Å². The molecule has 0 aliphatic carbocycles. The first-order chi connectivity index (χ1) is 9.38. The summed E-state index contributed by atoms with van der Waals surface area (Å²) in [5, 5.41) is 19.8. The molecule has 0 fully saturated rings. The molecule has 7 heteroatoms. The molecule has 0 unspecified atom stereocenters. The minimum Gasteiger partial charge on any atom is -0.366 e. The van der Waals surface area contributed by atoms with Gasteiger partial charge in [-0.25, -0.2) is 0 Å². The molecule has 0 aromatic heterocycles. The molecule has 1 rings (SSSR count). The summed E-state index contributed by atoms with van der Waals surface area (Å²) in [4.78, 5) is 23.5. The Balaban J connectivity index is 3.30. The molecule has 0 heterocycles. The van der Waals surface area contributed by atoms with E-state index in [1.807, 2.05) is 19.9 Å². The molecular weight excluding hydrogens is 260 g/mol. The average molecular weight is 276 g/mol. The van der Waals surface area contributed by atoms with Crippen LogP contribution in [0.15, 0.2) is 18.2 Å². The van der Waals surface area contributed by atoms with E-state index in [2.05, 4.69) is 0 Å². The molecule has 20 heavy (non-hydrogen) atoms. The smallest absolute Gasteiger partial charge is 0.293 e. The van der Waals surface area contributed by atoms with Crippen LogP contribution in [0.5, 0.6) is 0 Å². The Morgan fingerprint density at radius 1 is 1.55 bits per heavy atom. The van der Waals surface area contributed by atoms with Crippen molar-refractivity contribution < 1.29 is 9.72 Å². The van der Waals surface area contributed by atoms with E-state index in [-0.39, 0.29) is 23.7 Å². The number of nitro groups is 1. The van der Waals surface area contributed by atoms with Crippen LogP contribution in [0.25, 0.3) is 0 Å². The monoisotopic (exact) mass is 276 g/mol. The Morgan fingerprint density at radius 2 is 2.20 bits per heavy atom. The molecular formula is C13H16N4O3. The molecule has 7 nitrogen and oxygen atoms in total. The van der Waals surface area contributed by atoms with E-state index >= 15 is 0 Å². The van der Waals surface area contributed by atoms with E-state index in [1.54, 1.807) is 4.90 Å². The number of anilines is 1. The normalized spacial score (nSPS) is 10.1. The van der Waals surface area contributed by atoms with Crippen molar-refractivity contribution in [1.82, 2.24) is 0 Å². The van der Waals surface area contributed by atoms with E-state index in [4.69, 9.17) is 11.0 Å². The van der Waals surface area contributed by atoms with Gasteiger partial charge in [0.25, 0.3) is 5.69 Å². The Labute approximate surface area is 116 Å². The van der Waals surface area contributed by atoms with E-state index in [0.29, 0.717) is 12.2 Å². The van der Waals surface area contributed by atoms with Gasteiger partial charge < -0.3 is 10.6 Å². The third kappa shape index (κ3) is 3.45. The quantitative estimate of drug-likeness (QED) is 0.628.